The molecule has 3 aromatic rings. The summed E-state index contributed by atoms with van der Waals surface area (Å²) >= 11 is 0. The molecule has 234 valence electrons. The molecule has 0 radical (unpaired) electrons. The summed E-state index contributed by atoms with van der Waals surface area (Å²) in [5.41, 5.74) is 3.91. The number of likely N-dealkylation sites (N-methyl/N-ethyl adjacent to an activating group) is 1. The molecule has 0 aromatic heterocycles. The van der Waals surface area contributed by atoms with E-state index in [4.69, 9.17) is 9.84 Å². The van der Waals surface area contributed by atoms with Gasteiger partial charge in [0.25, 0.3) is 0 Å². The van der Waals surface area contributed by atoms with Gasteiger partial charge in [0.15, 0.2) is 0 Å². The maximum atomic E-state index is 12.7. The van der Waals surface area contributed by atoms with Gasteiger partial charge >= 0.3 is 12.1 Å². The number of carbonyl (C=O) groups is 3. The van der Waals surface area contributed by atoms with Crippen molar-refractivity contribution in [2.75, 3.05) is 50.4 Å². The molecule has 0 aliphatic carbocycles. The molecule has 3 N–H and O–H groups in total. The van der Waals surface area contributed by atoms with Gasteiger partial charge in [-0.05, 0) is 61.6 Å². The number of aromatic carboxylic acids is 1. The number of likely N-dealkylation sites (tertiary alicyclic amines) is 1. The largest absolute Gasteiger partial charge is 0.478 e. The van der Waals surface area contributed by atoms with E-state index in [9.17, 15) is 14.4 Å². The van der Waals surface area contributed by atoms with E-state index in [-0.39, 0.29) is 17.6 Å². The predicted octanol–water partition coefficient (Wildman–Crippen LogP) is 6.59. The van der Waals surface area contributed by atoms with Crippen LogP contribution in [0.5, 0.6) is 0 Å². The summed E-state index contributed by atoms with van der Waals surface area (Å²) in [6.07, 6.45) is 5.44. The molecule has 1 saturated heterocycles. The molecule has 4 rings (SSSR count). The van der Waals surface area contributed by atoms with E-state index >= 15 is 0 Å². The van der Waals surface area contributed by atoms with E-state index < -0.39 is 12.1 Å². The number of nitrogens with one attached hydrogen (secondary N) is 2. The van der Waals surface area contributed by atoms with Gasteiger partial charge in [0, 0.05) is 57.4 Å². The molecule has 0 atom stereocenters. The van der Waals surface area contributed by atoms with E-state index in [1.54, 1.807) is 24.3 Å². The summed E-state index contributed by atoms with van der Waals surface area (Å²) < 4.78 is 5.75. The Labute approximate surface area is 260 Å². The van der Waals surface area contributed by atoms with E-state index in [2.05, 4.69) is 15.5 Å². The zero-order valence-electron chi connectivity index (χ0n) is 25.5. The lowest BCUT2D eigenvalue weighted by Gasteiger charge is -2.32. The van der Waals surface area contributed by atoms with Gasteiger partial charge in [-0.2, -0.15) is 0 Å². The highest BCUT2D eigenvalue weighted by Crippen LogP contribution is 2.28. The molecule has 1 aliphatic heterocycles. The van der Waals surface area contributed by atoms with Crippen molar-refractivity contribution in [2.24, 2.45) is 0 Å². The van der Waals surface area contributed by atoms with E-state index in [0.717, 1.165) is 87.2 Å². The minimum Gasteiger partial charge on any atom is -0.478 e. The van der Waals surface area contributed by atoms with Crippen LogP contribution in [-0.4, -0.2) is 78.8 Å². The Morgan fingerprint density at radius 2 is 1.57 bits per heavy atom. The highest BCUT2D eigenvalue weighted by Gasteiger charge is 2.23. The van der Waals surface area contributed by atoms with Gasteiger partial charge in [-0.15, -0.1) is 0 Å². The fraction of sp³-hybridized carbons (Fsp3) is 0.400. The van der Waals surface area contributed by atoms with Gasteiger partial charge in [-0.3, -0.25) is 10.1 Å². The molecule has 1 fully saturated rings. The molecule has 9 heteroatoms. The third kappa shape index (κ3) is 10.4. The highest BCUT2D eigenvalue weighted by molar-refractivity contribution is 5.91. The molecular formula is C35H44N4O5. The van der Waals surface area contributed by atoms with Gasteiger partial charge in [0.05, 0.1) is 11.3 Å². The van der Waals surface area contributed by atoms with E-state index in [1.165, 1.54) is 0 Å². The third-order valence-corrected chi connectivity index (χ3v) is 8.01. The third-order valence-electron chi connectivity index (χ3n) is 8.01. The van der Waals surface area contributed by atoms with Gasteiger partial charge < -0.3 is 25.0 Å². The average Bonchev–Trinajstić information content (AvgIpc) is 3.04. The molecule has 0 bridgehead atoms. The Morgan fingerprint density at radius 1 is 0.886 bits per heavy atom. The normalized spacial score (nSPS) is 13.7. The lowest BCUT2D eigenvalue weighted by atomic mass is 10.0. The summed E-state index contributed by atoms with van der Waals surface area (Å²) in [6, 6.07) is 24.4. The van der Waals surface area contributed by atoms with Crippen LogP contribution >= 0.6 is 0 Å². The maximum Gasteiger partial charge on any atom is 0.411 e. The summed E-state index contributed by atoms with van der Waals surface area (Å²) in [5.74, 6) is -0.751. The molecule has 1 heterocycles. The van der Waals surface area contributed by atoms with Gasteiger partial charge in [0.2, 0.25) is 5.91 Å². The minimum absolute atomic E-state index is 0.123. The van der Waals surface area contributed by atoms with Crippen molar-refractivity contribution in [1.82, 2.24) is 9.80 Å². The summed E-state index contributed by atoms with van der Waals surface area (Å²) in [6.45, 7) is 3.97. The van der Waals surface area contributed by atoms with Crippen LogP contribution in [0.1, 0.15) is 55.3 Å². The first-order valence-corrected chi connectivity index (χ1v) is 15.5. The number of nitrogens with zero attached hydrogens (tertiary/aromatic N) is 2. The fourth-order valence-electron chi connectivity index (χ4n) is 5.33. The number of rotatable bonds is 15. The number of carboxylic acid groups (broad SMARTS) is 1. The average molecular weight is 601 g/mol. The SMILES string of the molecule is CN(CCN1CCC(OC(=O)Nc2ccccc2-c2ccccc2)CC1)C(=O)CCCCCCNc1ccc(C(=O)O)cc1. The van der Waals surface area contributed by atoms with Crippen molar-refractivity contribution in [1.29, 1.82) is 0 Å². The number of amides is 2. The second kappa shape index (κ2) is 17.1. The molecule has 2 amide bonds. The van der Waals surface area contributed by atoms with Crippen LogP contribution in [0.25, 0.3) is 11.1 Å². The molecule has 1 aliphatic rings. The smallest absolute Gasteiger partial charge is 0.411 e. The number of unbranched alkanes of at least 4 members (excludes halogenated alkanes) is 3. The number of hydrogen-bond acceptors (Lipinski definition) is 6. The van der Waals surface area contributed by atoms with Crippen LogP contribution in [0.2, 0.25) is 0 Å². The topological polar surface area (TPSA) is 111 Å². The molecule has 0 unspecified atom stereocenters. The Balaban J connectivity index is 1.05. The first-order chi connectivity index (χ1) is 21.4. The Bertz CT molecular complexity index is 1340. The monoisotopic (exact) mass is 600 g/mol. The van der Waals surface area contributed by atoms with Crippen LogP contribution in [0.3, 0.4) is 0 Å². The van der Waals surface area contributed by atoms with Crippen molar-refractivity contribution in [3.8, 4) is 11.1 Å². The summed E-state index contributed by atoms with van der Waals surface area (Å²) in [4.78, 5) is 40.3. The summed E-state index contributed by atoms with van der Waals surface area (Å²) in [7, 11) is 1.87. The standard InChI is InChI=1S/C35H44N4O5/c1-38(33(40)15-7-2-3-10-22-36-29-18-16-28(17-19-29)34(41)42)25-26-39-23-20-30(21-24-39)44-35(43)37-32-14-9-8-13-31(32)27-11-5-4-6-12-27/h4-6,8-9,11-14,16-19,30,36H,2-3,7,10,15,20-26H2,1H3,(H,37,43)(H,41,42). The first kappa shape index (κ1) is 32.5. The van der Waals surface area contributed by atoms with Crippen LogP contribution in [0.15, 0.2) is 78.9 Å². The maximum absolute atomic E-state index is 12.7. The zero-order chi connectivity index (χ0) is 31.1. The molecule has 3 aromatic carbocycles. The first-order valence-electron chi connectivity index (χ1n) is 15.5. The van der Waals surface area contributed by atoms with Crippen LogP contribution < -0.4 is 10.6 Å². The lowest BCUT2D eigenvalue weighted by molar-refractivity contribution is -0.130. The van der Waals surface area contributed by atoms with Crippen molar-refractivity contribution < 1.29 is 24.2 Å². The van der Waals surface area contributed by atoms with Crippen molar-refractivity contribution in [3.63, 3.8) is 0 Å². The van der Waals surface area contributed by atoms with Gasteiger partial charge in [-0.25, -0.2) is 9.59 Å². The Kier molecular flexibility index (Phi) is 12.6. The number of ether oxygens (including phenoxy) is 1. The van der Waals surface area contributed by atoms with Crippen LogP contribution in [-0.2, 0) is 9.53 Å². The highest BCUT2D eigenvalue weighted by atomic mass is 16.6. The lowest BCUT2D eigenvalue weighted by Crippen LogP contribution is -2.42. The molecule has 0 saturated carbocycles. The van der Waals surface area contributed by atoms with Crippen molar-refractivity contribution >= 4 is 29.3 Å². The minimum atomic E-state index is -0.924. The van der Waals surface area contributed by atoms with E-state index in [0.29, 0.717) is 13.0 Å². The van der Waals surface area contributed by atoms with Gasteiger partial charge in [0.1, 0.15) is 6.10 Å². The number of para-hydroxylation sites is 1. The van der Waals surface area contributed by atoms with Gasteiger partial charge in [-0.1, -0.05) is 61.4 Å². The number of hydrogen-bond donors (Lipinski definition) is 3. The van der Waals surface area contributed by atoms with Crippen LogP contribution in [0, 0.1) is 0 Å². The van der Waals surface area contributed by atoms with E-state index in [1.807, 2.05) is 66.5 Å². The Morgan fingerprint density at radius 3 is 2.30 bits per heavy atom. The quantitative estimate of drug-likeness (QED) is 0.169. The second-order valence-electron chi connectivity index (χ2n) is 11.3. The number of carbonyl (C=O) groups excluding carboxylic acids is 2. The van der Waals surface area contributed by atoms with Crippen molar-refractivity contribution in [3.05, 3.63) is 84.4 Å². The number of benzene rings is 3. The number of anilines is 2. The van der Waals surface area contributed by atoms with Crippen LogP contribution in [0.4, 0.5) is 16.2 Å². The number of piperidine rings is 1. The zero-order valence-corrected chi connectivity index (χ0v) is 25.5. The van der Waals surface area contributed by atoms with Crippen molar-refractivity contribution in [2.45, 2.75) is 51.0 Å². The molecular weight excluding hydrogens is 556 g/mol. The molecule has 44 heavy (non-hydrogen) atoms. The Hall–Kier alpha value is -4.37. The number of carboxylic acids is 1. The molecule has 9 nitrogen and oxygen atoms in total. The fourth-order valence-corrected chi connectivity index (χ4v) is 5.33. The summed E-state index contributed by atoms with van der Waals surface area (Å²) in [5, 5.41) is 15.2. The second-order valence-corrected chi connectivity index (χ2v) is 11.3. The molecule has 0 spiro atoms. The predicted molar refractivity (Wildman–Crippen MR) is 174 cm³/mol.